The fourth-order valence-electron chi connectivity index (χ4n) is 4.01. The number of carbonyl (C=O) groups is 1. The highest BCUT2D eigenvalue weighted by Gasteiger charge is 2.64. The van der Waals surface area contributed by atoms with Crippen molar-refractivity contribution >= 4 is 16.0 Å². The van der Waals surface area contributed by atoms with Gasteiger partial charge in [-0.05, 0) is 31.6 Å². The molecule has 3 aliphatic rings. The number of hydrogen-bond donors (Lipinski definition) is 1. The summed E-state index contributed by atoms with van der Waals surface area (Å²) in [6.07, 6.45) is 2.72. The summed E-state index contributed by atoms with van der Waals surface area (Å²) in [4.78, 5) is 12.0. The molecule has 1 amide bonds. The second-order valence-corrected chi connectivity index (χ2v) is 9.45. The minimum Gasteiger partial charge on any atom is -0.375 e. The van der Waals surface area contributed by atoms with Crippen LogP contribution < -0.4 is 5.32 Å². The lowest BCUT2D eigenvalue weighted by molar-refractivity contribution is -0.129. The van der Waals surface area contributed by atoms with Gasteiger partial charge < -0.3 is 10.1 Å². The van der Waals surface area contributed by atoms with Crippen molar-refractivity contribution in [2.45, 2.75) is 63.9 Å². The van der Waals surface area contributed by atoms with Crippen LogP contribution in [0, 0.1) is 17.3 Å². The number of nitrogens with one attached hydrogen (secondary N) is 1. The zero-order valence-corrected chi connectivity index (χ0v) is 14.9. The Labute approximate surface area is 138 Å². The van der Waals surface area contributed by atoms with Crippen LogP contribution in [-0.2, 0) is 23.8 Å². The van der Waals surface area contributed by atoms with E-state index in [1.807, 2.05) is 20.8 Å². The number of rotatable bonds is 7. The molecular weight excluding hydrogens is 318 g/mol. The van der Waals surface area contributed by atoms with Gasteiger partial charge in [0.15, 0.2) is 0 Å². The topological polar surface area (TPSA) is 81.7 Å². The molecular formula is C16H27NO5S. The maximum Gasteiger partial charge on any atom is 0.270 e. The molecule has 6 nitrogen and oxygen atoms in total. The first kappa shape index (κ1) is 17.2. The van der Waals surface area contributed by atoms with Crippen LogP contribution in [0.3, 0.4) is 0 Å². The molecule has 23 heavy (non-hydrogen) atoms. The van der Waals surface area contributed by atoms with Gasteiger partial charge in [0.2, 0.25) is 5.91 Å². The van der Waals surface area contributed by atoms with Crippen LogP contribution in [0.2, 0.25) is 0 Å². The number of hydrogen-bond acceptors (Lipinski definition) is 5. The van der Waals surface area contributed by atoms with E-state index in [4.69, 9.17) is 8.92 Å². The average Bonchev–Trinajstić information content (AvgIpc) is 3.10. The quantitative estimate of drug-likeness (QED) is 0.558. The van der Waals surface area contributed by atoms with E-state index >= 15 is 0 Å². The number of carbonyl (C=O) groups excluding carboxylic acids is 1. The maximum absolute atomic E-state index is 12.0. The van der Waals surface area contributed by atoms with Gasteiger partial charge in [-0.15, -0.1) is 0 Å². The van der Waals surface area contributed by atoms with Crippen LogP contribution in [-0.4, -0.2) is 44.9 Å². The largest absolute Gasteiger partial charge is 0.375 e. The van der Waals surface area contributed by atoms with Crippen molar-refractivity contribution in [3.8, 4) is 0 Å². The molecule has 0 aromatic heterocycles. The zero-order valence-electron chi connectivity index (χ0n) is 14.1. The summed E-state index contributed by atoms with van der Waals surface area (Å²) >= 11 is 0. The highest BCUT2D eigenvalue weighted by Crippen LogP contribution is 2.55. The van der Waals surface area contributed by atoms with Gasteiger partial charge in [0, 0.05) is 24.5 Å². The van der Waals surface area contributed by atoms with Crippen molar-refractivity contribution in [1.82, 2.24) is 5.32 Å². The lowest BCUT2D eigenvalue weighted by atomic mass is 9.89. The van der Waals surface area contributed by atoms with E-state index in [0.29, 0.717) is 25.5 Å². The Morgan fingerprint density at radius 2 is 2.09 bits per heavy atom. The first-order valence-corrected chi connectivity index (χ1v) is 10.1. The summed E-state index contributed by atoms with van der Waals surface area (Å²) in [5, 5.41) is 2.64. The van der Waals surface area contributed by atoms with Crippen molar-refractivity contribution in [3.05, 3.63) is 0 Å². The smallest absolute Gasteiger partial charge is 0.270 e. The van der Waals surface area contributed by atoms with Crippen LogP contribution in [0.1, 0.15) is 46.5 Å². The van der Waals surface area contributed by atoms with E-state index in [0.717, 1.165) is 19.3 Å². The number of fused-ring (bicyclic) bond motifs is 1. The molecule has 2 saturated carbocycles. The van der Waals surface area contributed by atoms with Crippen molar-refractivity contribution in [2.75, 3.05) is 13.2 Å². The molecule has 3 rings (SSSR count). The predicted molar refractivity (Wildman–Crippen MR) is 85.2 cm³/mol. The van der Waals surface area contributed by atoms with Gasteiger partial charge in [0.25, 0.3) is 10.1 Å². The standard InChI is InChI=1S/C16H27NO5S/c1-4-16(2,3)15(18)17-6-5-7-21-13-10-8-11-12(9-10)23(19,20)22-14(11)13/h10-14H,4-9H2,1-3H3,(H,17,18). The van der Waals surface area contributed by atoms with E-state index in [1.165, 1.54) is 0 Å². The molecule has 5 unspecified atom stereocenters. The van der Waals surface area contributed by atoms with Gasteiger partial charge in [-0.3, -0.25) is 8.98 Å². The molecule has 1 N–H and O–H groups in total. The molecule has 1 heterocycles. The predicted octanol–water partition coefficient (Wildman–Crippen LogP) is 1.45. The Morgan fingerprint density at radius 1 is 1.35 bits per heavy atom. The molecule has 1 saturated heterocycles. The van der Waals surface area contributed by atoms with Crippen molar-refractivity contribution in [3.63, 3.8) is 0 Å². The average molecular weight is 345 g/mol. The fraction of sp³-hybridized carbons (Fsp3) is 0.938. The second kappa shape index (κ2) is 6.01. The summed E-state index contributed by atoms with van der Waals surface area (Å²) in [6.45, 7) is 6.96. The third-order valence-electron chi connectivity index (χ3n) is 5.83. The van der Waals surface area contributed by atoms with E-state index in [2.05, 4.69) is 5.32 Å². The van der Waals surface area contributed by atoms with Crippen LogP contribution in [0.5, 0.6) is 0 Å². The molecule has 7 heteroatoms. The molecule has 132 valence electrons. The normalized spacial score (nSPS) is 37.3. The molecule has 3 fully saturated rings. The van der Waals surface area contributed by atoms with Gasteiger partial charge in [0.1, 0.15) is 6.10 Å². The van der Waals surface area contributed by atoms with Crippen LogP contribution >= 0.6 is 0 Å². The summed E-state index contributed by atoms with van der Waals surface area (Å²) in [6, 6.07) is 0. The van der Waals surface area contributed by atoms with E-state index in [1.54, 1.807) is 0 Å². The van der Waals surface area contributed by atoms with Gasteiger partial charge in [0.05, 0.1) is 11.4 Å². The zero-order chi connectivity index (χ0) is 16.8. The molecule has 2 aliphatic carbocycles. The van der Waals surface area contributed by atoms with Crippen molar-refractivity contribution in [1.29, 1.82) is 0 Å². The van der Waals surface area contributed by atoms with E-state index in [9.17, 15) is 13.2 Å². The number of ether oxygens (including phenoxy) is 1. The Balaban J connectivity index is 1.41. The van der Waals surface area contributed by atoms with Gasteiger partial charge >= 0.3 is 0 Å². The number of amides is 1. The summed E-state index contributed by atoms with van der Waals surface area (Å²) in [7, 11) is -3.37. The fourth-order valence-corrected chi connectivity index (χ4v) is 5.89. The summed E-state index contributed by atoms with van der Waals surface area (Å²) in [5.41, 5.74) is -0.341. The summed E-state index contributed by atoms with van der Waals surface area (Å²) in [5.74, 6) is 0.494. The second-order valence-electron chi connectivity index (χ2n) is 7.67. The Kier molecular flexibility index (Phi) is 4.48. The molecule has 0 radical (unpaired) electrons. The van der Waals surface area contributed by atoms with Gasteiger partial charge in [-0.25, -0.2) is 0 Å². The molecule has 1 aliphatic heterocycles. The Hall–Kier alpha value is -0.660. The van der Waals surface area contributed by atoms with Crippen molar-refractivity contribution in [2.24, 2.45) is 17.3 Å². The first-order valence-electron chi connectivity index (χ1n) is 8.58. The van der Waals surface area contributed by atoms with Crippen LogP contribution in [0.4, 0.5) is 0 Å². The Morgan fingerprint density at radius 3 is 2.78 bits per heavy atom. The molecule has 5 atom stereocenters. The monoisotopic (exact) mass is 345 g/mol. The SMILES string of the molecule is CCC(C)(C)C(=O)NCCCOC1C2CC3C1OS(=O)(=O)C3C2. The van der Waals surface area contributed by atoms with Crippen molar-refractivity contribution < 1.29 is 22.1 Å². The van der Waals surface area contributed by atoms with Gasteiger partial charge in [-0.2, -0.15) is 8.42 Å². The minimum atomic E-state index is -3.37. The Bertz CT molecular complexity index is 573. The molecule has 0 aromatic carbocycles. The van der Waals surface area contributed by atoms with E-state index < -0.39 is 10.1 Å². The third kappa shape index (κ3) is 3.03. The first-order chi connectivity index (χ1) is 10.8. The van der Waals surface area contributed by atoms with Crippen LogP contribution in [0.25, 0.3) is 0 Å². The highest BCUT2D eigenvalue weighted by molar-refractivity contribution is 7.87. The van der Waals surface area contributed by atoms with E-state index in [-0.39, 0.29) is 34.7 Å². The lowest BCUT2D eigenvalue weighted by Crippen LogP contribution is -2.38. The summed E-state index contributed by atoms with van der Waals surface area (Å²) < 4.78 is 34.9. The molecule has 2 bridgehead atoms. The highest BCUT2D eigenvalue weighted by atomic mass is 32.2. The van der Waals surface area contributed by atoms with Crippen LogP contribution in [0.15, 0.2) is 0 Å². The molecule has 0 spiro atoms. The van der Waals surface area contributed by atoms with Gasteiger partial charge in [-0.1, -0.05) is 20.8 Å². The maximum atomic E-state index is 12.0. The lowest BCUT2D eigenvalue weighted by Gasteiger charge is -2.25. The minimum absolute atomic E-state index is 0.0629. The molecule has 0 aromatic rings. The third-order valence-corrected chi connectivity index (χ3v) is 7.60.